The van der Waals surface area contributed by atoms with E-state index in [1.807, 2.05) is 12.3 Å². The number of carbonyl (C=O) groups excluding carboxylic acids is 2. The molecule has 0 saturated carbocycles. The van der Waals surface area contributed by atoms with Crippen molar-refractivity contribution in [3.63, 3.8) is 0 Å². The zero-order valence-electron chi connectivity index (χ0n) is 11.2. The Bertz CT molecular complexity index is 739. The minimum atomic E-state index is -0.231. The minimum Gasteiger partial charge on any atom is -0.491 e. The molecule has 108 valence electrons. The van der Waals surface area contributed by atoms with Gasteiger partial charge in [-0.2, -0.15) is 0 Å². The molecule has 0 bridgehead atoms. The quantitative estimate of drug-likeness (QED) is 0.865. The smallest absolute Gasteiger partial charge is 0.255 e. The summed E-state index contributed by atoms with van der Waals surface area (Å²) in [5, 5.41) is 5.04. The van der Waals surface area contributed by atoms with Crippen LogP contribution in [0.5, 0.6) is 5.75 Å². The van der Waals surface area contributed by atoms with Gasteiger partial charge in [-0.15, -0.1) is 11.3 Å². The highest BCUT2D eigenvalue weighted by molar-refractivity contribution is 7.13. The Hall–Kier alpha value is -1.85. The molecule has 1 N–H and O–H groups in total. The van der Waals surface area contributed by atoms with Gasteiger partial charge in [-0.05, 0) is 36.1 Å². The Labute approximate surface area is 130 Å². The number of ketones is 1. The Morgan fingerprint density at radius 3 is 2.95 bits per heavy atom. The van der Waals surface area contributed by atoms with E-state index in [1.165, 1.54) is 11.3 Å². The lowest BCUT2D eigenvalue weighted by molar-refractivity contribution is 0.0957. The first-order valence-electron chi connectivity index (χ1n) is 6.41. The maximum Gasteiger partial charge on any atom is 0.255 e. The molecule has 3 rings (SSSR count). The van der Waals surface area contributed by atoms with Crippen molar-refractivity contribution >= 4 is 34.6 Å². The molecule has 0 spiro atoms. The van der Waals surface area contributed by atoms with Crippen molar-refractivity contribution in [2.75, 3.05) is 13.2 Å². The summed E-state index contributed by atoms with van der Waals surface area (Å²) in [6.07, 6.45) is 0. The van der Waals surface area contributed by atoms with E-state index in [9.17, 15) is 9.59 Å². The van der Waals surface area contributed by atoms with Crippen molar-refractivity contribution < 1.29 is 14.3 Å². The summed E-state index contributed by atoms with van der Waals surface area (Å²) in [6.45, 7) is 2.72. The monoisotopic (exact) mass is 321 g/mol. The lowest BCUT2D eigenvalue weighted by atomic mass is 10.0. The molecular weight excluding hydrogens is 310 g/mol. The Morgan fingerprint density at radius 1 is 1.43 bits per heavy atom. The van der Waals surface area contributed by atoms with Gasteiger partial charge < -0.3 is 10.1 Å². The number of rotatable bonds is 2. The van der Waals surface area contributed by atoms with E-state index in [-0.39, 0.29) is 11.7 Å². The summed E-state index contributed by atoms with van der Waals surface area (Å²) in [4.78, 5) is 25.0. The predicted molar refractivity (Wildman–Crippen MR) is 81.8 cm³/mol. The average Bonchev–Trinajstić information content (AvgIpc) is 2.71. The van der Waals surface area contributed by atoms with Crippen molar-refractivity contribution in [2.24, 2.45) is 0 Å². The van der Waals surface area contributed by atoms with Crippen LogP contribution in [0.4, 0.5) is 0 Å². The largest absolute Gasteiger partial charge is 0.491 e. The van der Waals surface area contributed by atoms with Gasteiger partial charge in [0.25, 0.3) is 5.91 Å². The molecule has 0 fully saturated rings. The number of amides is 1. The third kappa shape index (κ3) is 2.54. The standard InChI is InChI=1S/C15H12ClNO3S/c1-8-7-21-14(12(8)16)13(18)9-2-3-11-10(6-9)15(19)17-4-5-20-11/h2-3,6-7H,4-5H2,1H3,(H,17,19). The first kappa shape index (κ1) is 14.1. The van der Waals surface area contributed by atoms with Crippen molar-refractivity contribution in [3.05, 3.63) is 50.2 Å². The van der Waals surface area contributed by atoms with E-state index < -0.39 is 0 Å². The average molecular weight is 322 g/mol. The van der Waals surface area contributed by atoms with Crippen molar-refractivity contribution in [3.8, 4) is 5.75 Å². The highest BCUT2D eigenvalue weighted by atomic mass is 35.5. The van der Waals surface area contributed by atoms with Crippen LogP contribution in [-0.2, 0) is 0 Å². The third-order valence-corrected chi connectivity index (χ3v) is 4.93. The number of benzene rings is 1. The molecule has 1 amide bonds. The predicted octanol–water partition coefficient (Wildman–Crippen LogP) is 3.06. The molecule has 21 heavy (non-hydrogen) atoms. The number of carbonyl (C=O) groups is 2. The molecule has 0 aliphatic carbocycles. The number of nitrogens with one attached hydrogen (secondary N) is 1. The number of aryl methyl sites for hydroxylation is 1. The molecule has 1 aliphatic rings. The Balaban J connectivity index is 2.02. The van der Waals surface area contributed by atoms with Gasteiger partial charge in [-0.25, -0.2) is 0 Å². The maximum absolute atomic E-state index is 12.5. The van der Waals surface area contributed by atoms with Crippen LogP contribution in [0.15, 0.2) is 23.6 Å². The van der Waals surface area contributed by atoms with Crippen LogP contribution in [0.1, 0.15) is 31.2 Å². The molecule has 0 saturated heterocycles. The molecule has 0 unspecified atom stereocenters. The molecule has 2 heterocycles. The zero-order chi connectivity index (χ0) is 15.0. The van der Waals surface area contributed by atoms with Gasteiger partial charge in [0.2, 0.25) is 5.78 Å². The highest BCUT2D eigenvalue weighted by Crippen LogP contribution is 2.30. The van der Waals surface area contributed by atoms with Crippen LogP contribution >= 0.6 is 22.9 Å². The van der Waals surface area contributed by atoms with Crippen LogP contribution in [0.25, 0.3) is 0 Å². The molecule has 1 aromatic carbocycles. The van der Waals surface area contributed by atoms with Gasteiger partial charge in [0.1, 0.15) is 12.4 Å². The van der Waals surface area contributed by atoms with Gasteiger partial charge in [0.05, 0.1) is 22.0 Å². The van der Waals surface area contributed by atoms with Crippen LogP contribution < -0.4 is 10.1 Å². The number of halogens is 1. The van der Waals surface area contributed by atoms with E-state index in [0.29, 0.717) is 39.9 Å². The van der Waals surface area contributed by atoms with E-state index in [1.54, 1.807) is 18.2 Å². The summed E-state index contributed by atoms with van der Waals surface area (Å²) < 4.78 is 5.47. The second kappa shape index (κ2) is 5.50. The third-order valence-electron chi connectivity index (χ3n) is 3.24. The normalized spacial score (nSPS) is 13.9. The van der Waals surface area contributed by atoms with Crippen LogP contribution in [0.3, 0.4) is 0 Å². The van der Waals surface area contributed by atoms with Gasteiger partial charge >= 0.3 is 0 Å². The minimum absolute atomic E-state index is 0.182. The maximum atomic E-state index is 12.5. The molecule has 4 nitrogen and oxygen atoms in total. The van der Waals surface area contributed by atoms with Crippen LogP contribution in [0, 0.1) is 6.92 Å². The molecule has 1 aliphatic heterocycles. The van der Waals surface area contributed by atoms with Crippen molar-refractivity contribution in [1.82, 2.24) is 5.32 Å². The van der Waals surface area contributed by atoms with Crippen LogP contribution in [-0.4, -0.2) is 24.8 Å². The molecule has 2 aromatic rings. The number of hydrogen-bond acceptors (Lipinski definition) is 4. The first-order valence-corrected chi connectivity index (χ1v) is 7.67. The summed E-state index contributed by atoms with van der Waals surface area (Å²) in [6, 6.07) is 4.87. The van der Waals surface area contributed by atoms with E-state index >= 15 is 0 Å². The SMILES string of the molecule is Cc1csc(C(=O)c2ccc3c(c2)C(=O)NCCO3)c1Cl. The Kier molecular flexibility index (Phi) is 3.69. The lowest BCUT2D eigenvalue weighted by Gasteiger charge is -2.07. The zero-order valence-corrected chi connectivity index (χ0v) is 12.8. The fourth-order valence-corrected chi connectivity index (χ4v) is 3.35. The second-order valence-corrected chi connectivity index (χ2v) is 5.96. The summed E-state index contributed by atoms with van der Waals surface area (Å²) >= 11 is 7.45. The fraction of sp³-hybridized carbons (Fsp3) is 0.200. The molecule has 0 radical (unpaired) electrons. The fourth-order valence-electron chi connectivity index (χ4n) is 2.11. The number of thiophene rings is 1. The van der Waals surface area contributed by atoms with E-state index in [4.69, 9.17) is 16.3 Å². The highest BCUT2D eigenvalue weighted by Gasteiger charge is 2.21. The summed E-state index contributed by atoms with van der Waals surface area (Å²) in [5.41, 5.74) is 1.68. The van der Waals surface area contributed by atoms with Crippen molar-refractivity contribution in [2.45, 2.75) is 6.92 Å². The topological polar surface area (TPSA) is 55.4 Å². The van der Waals surface area contributed by atoms with Crippen molar-refractivity contribution in [1.29, 1.82) is 0 Å². The second-order valence-electron chi connectivity index (χ2n) is 4.71. The Morgan fingerprint density at radius 2 is 2.24 bits per heavy atom. The number of hydrogen-bond donors (Lipinski definition) is 1. The molecule has 1 aromatic heterocycles. The molecule has 0 atom stereocenters. The van der Waals surface area contributed by atoms with Crippen LogP contribution in [0.2, 0.25) is 5.02 Å². The summed E-state index contributed by atoms with van der Waals surface area (Å²) in [7, 11) is 0. The van der Waals surface area contributed by atoms with Gasteiger partial charge in [-0.1, -0.05) is 11.6 Å². The molecule has 6 heteroatoms. The number of ether oxygens (including phenoxy) is 1. The summed E-state index contributed by atoms with van der Waals surface area (Å²) in [5.74, 6) is 0.0820. The first-order chi connectivity index (χ1) is 10.1. The van der Waals surface area contributed by atoms with E-state index in [0.717, 1.165) is 5.56 Å². The van der Waals surface area contributed by atoms with Gasteiger partial charge in [0.15, 0.2) is 0 Å². The van der Waals surface area contributed by atoms with Gasteiger partial charge in [-0.3, -0.25) is 9.59 Å². The molecular formula is C15H12ClNO3S. The number of fused-ring (bicyclic) bond motifs is 1. The van der Waals surface area contributed by atoms with E-state index in [2.05, 4.69) is 5.32 Å². The lowest BCUT2D eigenvalue weighted by Crippen LogP contribution is -2.24. The van der Waals surface area contributed by atoms with Gasteiger partial charge in [0, 0.05) is 5.56 Å².